The lowest BCUT2D eigenvalue weighted by Crippen LogP contribution is -2.08. The highest BCUT2D eigenvalue weighted by molar-refractivity contribution is 6.15. The van der Waals surface area contributed by atoms with Crippen LogP contribution >= 0.6 is 0 Å². The molecule has 19 heteroatoms. The molecule has 0 N–H and O–H groups in total. The molecule has 454 valence electrons. The topological polar surface area (TPSA) is 226 Å². The van der Waals surface area contributed by atoms with E-state index in [1.807, 2.05) is 21.3 Å². The molecular formula is C81H29F3N16. The number of hydrogen-bond acceptors (Lipinski definition) is 8. The summed E-state index contributed by atoms with van der Waals surface area (Å²) in [6.07, 6.45) is -5.05. The van der Waals surface area contributed by atoms with E-state index in [0.717, 1.165) is 6.07 Å². The van der Waals surface area contributed by atoms with Crippen molar-refractivity contribution in [1.82, 2.24) is 9.13 Å². The fourth-order valence-corrected chi connectivity index (χ4v) is 13.1. The molecule has 13 rings (SSSR count). The van der Waals surface area contributed by atoms with Crippen molar-refractivity contribution in [3.8, 4) is 127 Å². The molecule has 0 bridgehead atoms. The van der Waals surface area contributed by atoms with Crippen LogP contribution in [0.3, 0.4) is 0 Å². The van der Waals surface area contributed by atoms with Crippen molar-refractivity contribution >= 4 is 77.7 Å². The highest BCUT2D eigenvalue weighted by atomic mass is 19.4. The summed E-state index contributed by atoms with van der Waals surface area (Å²) < 4.78 is 51.1. The van der Waals surface area contributed by atoms with Gasteiger partial charge in [-0.25, -0.2) is 29.1 Å². The highest BCUT2D eigenvalue weighted by Gasteiger charge is 2.36. The van der Waals surface area contributed by atoms with E-state index >= 15 is 13.2 Å². The highest BCUT2D eigenvalue weighted by Crippen LogP contribution is 2.50. The molecule has 0 aliphatic carbocycles. The second-order valence-electron chi connectivity index (χ2n) is 22.5. The Hall–Kier alpha value is -16.3. The second-order valence-corrected chi connectivity index (χ2v) is 22.5. The third-order valence-electron chi connectivity index (χ3n) is 17.3. The molecule has 0 unspecified atom stereocenters. The Morgan fingerprint density at radius 1 is 0.300 bits per heavy atom. The van der Waals surface area contributed by atoms with Crippen LogP contribution in [0, 0.1) is 130 Å². The number of rotatable bonds is 8. The van der Waals surface area contributed by atoms with Crippen LogP contribution in [0.5, 0.6) is 0 Å². The fourth-order valence-electron chi connectivity index (χ4n) is 13.1. The second kappa shape index (κ2) is 24.6. The van der Waals surface area contributed by atoms with E-state index in [9.17, 15) is 42.1 Å². The maximum absolute atomic E-state index is 15.8. The first kappa shape index (κ1) is 62.5. The van der Waals surface area contributed by atoms with Gasteiger partial charge in [0.1, 0.15) is 0 Å². The first-order valence-corrected chi connectivity index (χ1v) is 29.4. The van der Waals surface area contributed by atoms with Gasteiger partial charge in [0.25, 0.3) is 0 Å². The lowest BCUT2D eigenvalue weighted by Gasteiger charge is -2.21. The predicted octanol–water partition coefficient (Wildman–Crippen LogP) is 21.2. The molecular weight excluding hydrogens is 1250 g/mol. The summed E-state index contributed by atoms with van der Waals surface area (Å²) in [7, 11) is 0. The van der Waals surface area contributed by atoms with Crippen LogP contribution in [0.2, 0.25) is 0 Å². The van der Waals surface area contributed by atoms with Crippen molar-refractivity contribution < 1.29 is 13.2 Å². The first-order valence-electron chi connectivity index (χ1n) is 29.4. The van der Waals surface area contributed by atoms with Crippen LogP contribution in [0.4, 0.5) is 47.3 Å². The van der Waals surface area contributed by atoms with Crippen LogP contribution in [0.25, 0.3) is 151 Å². The molecule has 0 fully saturated rings. The SMILES string of the molecule is [C-]#[N+]c1cc(C#N)c(-c2ccc3c(c2)c2cc(-c4c(C#N)cc(C#N)cc4[N+]#[C-])ccc2n3-c2ccc(-c3ccc(C#N)cc3C(F)(F)F)c(-c3cc(C#N)ccc3-n3c4ccc(-c5c(C#N)cc([N+]#[C-])cc5[N+]#[C-])cc4c4cc(-c5c(C#N)cc([N+]#[C-])cc5[N+]#[C-])ccc43)c2)c(C#N)c1. The zero-order valence-electron chi connectivity index (χ0n) is 51.0. The van der Waals surface area contributed by atoms with Gasteiger partial charge in [0.15, 0.2) is 34.1 Å². The maximum atomic E-state index is 15.8. The zero-order chi connectivity index (χ0) is 70.4. The summed E-state index contributed by atoms with van der Waals surface area (Å²) in [6, 6.07) is 60.7. The Kier molecular flexibility index (Phi) is 15.4. The minimum atomic E-state index is -5.05. The summed E-state index contributed by atoms with van der Waals surface area (Å²) in [4.78, 5) is 21.6. The third-order valence-corrected chi connectivity index (χ3v) is 17.3. The Labute approximate surface area is 566 Å². The predicted molar refractivity (Wildman–Crippen MR) is 368 cm³/mol. The van der Waals surface area contributed by atoms with E-state index in [-0.39, 0.29) is 129 Å². The number of hydrogen-bond donors (Lipinski definition) is 0. The molecule has 0 saturated heterocycles. The largest absolute Gasteiger partial charge is 0.417 e. The van der Waals surface area contributed by atoms with Gasteiger partial charge in [0.2, 0.25) is 0 Å². The Bertz CT molecular complexity index is 6150. The summed E-state index contributed by atoms with van der Waals surface area (Å²) >= 11 is 0. The van der Waals surface area contributed by atoms with Gasteiger partial charge in [-0.2, -0.15) is 55.3 Å². The standard InChI is InChI=1S/C81H29F3N16/c1-93-56-25-52(40-89)77(53(26-56)41-90)47-9-17-72-64(29-47)65-30-48(78-51(39-88)21-46(38-87)24-69(78)96-4)10-18-73(65)99(72)59-13-15-60(61-14-7-45(37-86)23-68(61)81(82,83)84)62(35-59)63-22-44(36-85)8-16-74(63)100-75-19-11-49(79-54(42-91)27-57(94-2)33-70(79)97-5)31-66(75)67-32-50(12-20-76(67)100)80-55(43-92)28-58(95-3)34-71(80)98-6/h7-35H. The van der Waals surface area contributed by atoms with Crippen molar-refractivity contribution in [2.45, 2.75) is 6.18 Å². The molecule has 13 aromatic rings. The van der Waals surface area contributed by atoms with Crippen molar-refractivity contribution in [3.63, 3.8) is 0 Å². The quantitative estimate of drug-likeness (QED) is 0.133. The van der Waals surface area contributed by atoms with E-state index in [1.54, 1.807) is 91.0 Å². The average Bonchev–Trinajstić information content (AvgIpc) is 1.52. The van der Waals surface area contributed by atoms with E-state index in [2.05, 4.69) is 65.5 Å². The van der Waals surface area contributed by atoms with Gasteiger partial charge in [-0.3, -0.25) is 0 Å². The molecule has 2 aromatic heterocycles. The summed E-state index contributed by atoms with van der Waals surface area (Å²) in [5.41, 5.74) is 3.68. The van der Waals surface area contributed by atoms with Gasteiger partial charge in [0.05, 0.1) is 149 Å². The van der Waals surface area contributed by atoms with Gasteiger partial charge < -0.3 is 9.13 Å². The van der Waals surface area contributed by atoms with Crippen LogP contribution in [-0.4, -0.2) is 9.13 Å². The molecule has 0 aliphatic heterocycles. The monoisotopic (exact) mass is 1280 g/mol. The van der Waals surface area contributed by atoms with E-state index < -0.39 is 11.7 Å². The molecule has 11 aromatic carbocycles. The summed E-state index contributed by atoms with van der Waals surface area (Å²) in [5, 5.41) is 85.2. The number of nitriles is 8. The van der Waals surface area contributed by atoms with Crippen molar-refractivity contribution in [1.29, 1.82) is 42.1 Å². The average molecular weight is 1280 g/mol. The lowest BCUT2D eigenvalue weighted by molar-refractivity contribution is -0.137. The van der Waals surface area contributed by atoms with Crippen LogP contribution < -0.4 is 0 Å². The number of fused-ring (bicyclic) bond motifs is 6. The number of alkyl halides is 3. The number of aromatic nitrogens is 2. The minimum absolute atomic E-state index is 0.00147. The maximum Gasteiger partial charge on any atom is 0.417 e. The van der Waals surface area contributed by atoms with E-state index in [4.69, 9.17) is 39.4 Å². The first-order chi connectivity index (χ1) is 48.5. The Morgan fingerprint density at radius 3 is 1.10 bits per heavy atom. The molecule has 0 atom stereocenters. The van der Waals surface area contributed by atoms with Crippen molar-refractivity contribution in [3.05, 3.63) is 294 Å². The minimum Gasteiger partial charge on any atom is -0.309 e. The fraction of sp³-hybridized carbons (Fsp3) is 0.0123. The van der Waals surface area contributed by atoms with Gasteiger partial charge >= 0.3 is 6.18 Å². The van der Waals surface area contributed by atoms with Gasteiger partial charge in [-0.1, -0.05) is 48.5 Å². The number of nitrogens with zero attached hydrogens (tertiary/aromatic N) is 16. The molecule has 0 amide bonds. The van der Waals surface area contributed by atoms with E-state index in [0.29, 0.717) is 71.6 Å². The van der Waals surface area contributed by atoms with Gasteiger partial charge in [-0.05, 0) is 166 Å². The van der Waals surface area contributed by atoms with Crippen LogP contribution in [0.15, 0.2) is 176 Å². The molecule has 2 heterocycles. The van der Waals surface area contributed by atoms with Crippen LogP contribution in [0.1, 0.15) is 50.1 Å². The Morgan fingerprint density at radius 2 is 0.680 bits per heavy atom. The zero-order valence-corrected chi connectivity index (χ0v) is 51.0. The number of halogens is 3. The molecule has 100 heavy (non-hydrogen) atoms. The molecule has 0 radical (unpaired) electrons. The van der Waals surface area contributed by atoms with E-state index in [1.165, 1.54) is 78.9 Å². The Balaban J connectivity index is 1.16. The normalized spacial score (nSPS) is 10.6. The van der Waals surface area contributed by atoms with Crippen molar-refractivity contribution in [2.24, 2.45) is 0 Å². The van der Waals surface area contributed by atoms with Gasteiger partial charge in [0, 0.05) is 71.7 Å². The smallest absolute Gasteiger partial charge is 0.309 e. The molecule has 0 saturated carbocycles. The van der Waals surface area contributed by atoms with Crippen LogP contribution in [-0.2, 0) is 6.18 Å². The third kappa shape index (κ3) is 10.2. The molecule has 0 aliphatic rings. The van der Waals surface area contributed by atoms with Gasteiger partial charge in [-0.15, -0.1) is 0 Å². The summed E-state index contributed by atoms with van der Waals surface area (Å²) in [5.74, 6) is 0. The molecule has 16 nitrogen and oxygen atoms in total. The lowest BCUT2D eigenvalue weighted by atomic mass is 9.89. The van der Waals surface area contributed by atoms with Crippen molar-refractivity contribution in [2.75, 3.05) is 0 Å². The number of benzene rings is 11. The molecule has 0 spiro atoms. The summed E-state index contributed by atoms with van der Waals surface area (Å²) in [6.45, 7) is 47.7.